The summed E-state index contributed by atoms with van der Waals surface area (Å²) in [7, 11) is 0. The van der Waals surface area contributed by atoms with E-state index in [1.165, 1.54) is 61.6 Å². The standard InChI is InChI=1S/C40H31N/c1-4-14-30(15-5-1)29-38-35-20-10-12-22-39(35)41(40-23-13-11-21-36(38)40)34-26-24-31(25-27-34)28-37(32-16-6-2-7-17-32)33-18-8-3-9-19-33/h1-24,26,28-29H,25,27H2. The minimum absolute atomic E-state index is 0.972. The summed E-state index contributed by atoms with van der Waals surface area (Å²) in [4.78, 5) is 2.47. The van der Waals surface area contributed by atoms with Crippen LogP contribution in [0.15, 0.2) is 169 Å². The summed E-state index contributed by atoms with van der Waals surface area (Å²) in [6.45, 7) is 0. The Balaban J connectivity index is 1.30. The predicted octanol–water partition coefficient (Wildman–Crippen LogP) is 10.5. The maximum Gasteiger partial charge on any atom is 0.0537 e. The average Bonchev–Trinajstić information content (AvgIpc) is 3.05. The molecule has 41 heavy (non-hydrogen) atoms. The van der Waals surface area contributed by atoms with E-state index in [9.17, 15) is 0 Å². The van der Waals surface area contributed by atoms with Gasteiger partial charge in [0.1, 0.15) is 0 Å². The van der Waals surface area contributed by atoms with E-state index < -0.39 is 0 Å². The van der Waals surface area contributed by atoms with E-state index >= 15 is 0 Å². The molecule has 0 saturated heterocycles. The predicted molar refractivity (Wildman–Crippen MR) is 174 cm³/mol. The van der Waals surface area contributed by atoms with Crippen LogP contribution in [0.3, 0.4) is 0 Å². The van der Waals surface area contributed by atoms with E-state index in [1.54, 1.807) is 0 Å². The summed E-state index contributed by atoms with van der Waals surface area (Å²) in [5, 5.41) is 0. The molecule has 196 valence electrons. The van der Waals surface area contributed by atoms with Crippen LogP contribution in [0.1, 0.15) is 40.7 Å². The lowest BCUT2D eigenvalue weighted by atomic mass is 9.87. The van der Waals surface area contributed by atoms with Crippen LogP contribution >= 0.6 is 0 Å². The first kappa shape index (κ1) is 24.9. The number of allylic oxidation sites excluding steroid dienone is 5. The largest absolute Gasteiger partial charge is 0.313 e. The van der Waals surface area contributed by atoms with Gasteiger partial charge in [0.25, 0.3) is 0 Å². The third-order valence-electron chi connectivity index (χ3n) is 7.93. The number of rotatable bonds is 5. The van der Waals surface area contributed by atoms with E-state index in [2.05, 4.69) is 169 Å². The molecule has 0 unspecified atom stereocenters. The highest BCUT2D eigenvalue weighted by atomic mass is 15.2. The topological polar surface area (TPSA) is 3.24 Å². The minimum atomic E-state index is 0.972. The van der Waals surface area contributed by atoms with Gasteiger partial charge in [-0.25, -0.2) is 0 Å². The van der Waals surface area contributed by atoms with E-state index in [0.29, 0.717) is 0 Å². The SMILES string of the molecule is C1=C(C=C(c2ccccc2)c2ccccc2)CCC(N2c3ccccc3C(=Cc3ccccc3)c3ccccc32)=C1. The fourth-order valence-corrected chi connectivity index (χ4v) is 5.95. The monoisotopic (exact) mass is 525 g/mol. The molecule has 1 nitrogen and oxygen atoms in total. The van der Waals surface area contributed by atoms with Crippen molar-refractivity contribution >= 4 is 28.6 Å². The first-order valence-corrected chi connectivity index (χ1v) is 14.3. The molecule has 1 heterocycles. The first-order valence-electron chi connectivity index (χ1n) is 14.3. The van der Waals surface area contributed by atoms with Crippen LogP contribution in [0.2, 0.25) is 0 Å². The number of nitrogens with zero attached hydrogens (tertiary/aromatic N) is 1. The number of hydrogen-bond acceptors (Lipinski definition) is 1. The molecule has 0 atom stereocenters. The van der Waals surface area contributed by atoms with Crippen LogP contribution < -0.4 is 4.90 Å². The second-order valence-corrected chi connectivity index (χ2v) is 10.5. The van der Waals surface area contributed by atoms with Gasteiger partial charge in [0, 0.05) is 16.8 Å². The molecule has 0 fully saturated rings. The van der Waals surface area contributed by atoms with Crippen molar-refractivity contribution in [1.82, 2.24) is 0 Å². The molecule has 0 bridgehead atoms. The minimum Gasteiger partial charge on any atom is -0.313 e. The van der Waals surface area contributed by atoms with E-state index in [1.807, 2.05) is 0 Å². The van der Waals surface area contributed by atoms with Crippen molar-refractivity contribution in [2.24, 2.45) is 0 Å². The fraction of sp³-hybridized carbons (Fsp3) is 0.0500. The van der Waals surface area contributed by atoms with Gasteiger partial charge in [0.05, 0.1) is 11.4 Å². The van der Waals surface area contributed by atoms with Crippen LogP contribution in [0.4, 0.5) is 11.4 Å². The van der Waals surface area contributed by atoms with E-state index in [0.717, 1.165) is 12.8 Å². The van der Waals surface area contributed by atoms with Crippen LogP contribution in [-0.2, 0) is 0 Å². The second-order valence-electron chi connectivity index (χ2n) is 10.5. The van der Waals surface area contributed by atoms with Gasteiger partial charge in [0.2, 0.25) is 0 Å². The van der Waals surface area contributed by atoms with Crippen molar-refractivity contribution < 1.29 is 0 Å². The van der Waals surface area contributed by atoms with E-state index in [-0.39, 0.29) is 0 Å². The molecular formula is C40H31N. The lowest BCUT2D eigenvalue weighted by Gasteiger charge is -2.37. The third kappa shape index (κ3) is 4.99. The second kappa shape index (κ2) is 11.2. The van der Waals surface area contributed by atoms with Gasteiger partial charge in [0.15, 0.2) is 0 Å². The first-order chi connectivity index (χ1) is 20.3. The Kier molecular flexibility index (Phi) is 6.77. The summed E-state index contributed by atoms with van der Waals surface area (Å²) in [6.07, 6.45) is 11.3. The number of hydrogen-bond donors (Lipinski definition) is 0. The highest BCUT2D eigenvalue weighted by Crippen LogP contribution is 2.48. The maximum atomic E-state index is 2.47. The van der Waals surface area contributed by atoms with Crippen LogP contribution in [0, 0.1) is 0 Å². The lowest BCUT2D eigenvalue weighted by Crippen LogP contribution is -2.23. The molecule has 0 amide bonds. The highest BCUT2D eigenvalue weighted by molar-refractivity contribution is 6.04. The van der Waals surface area contributed by atoms with E-state index in [4.69, 9.17) is 0 Å². The van der Waals surface area contributed by atoms with Crippen molar-refractivity contribution in [3.63, 3.8) is 0 Å². The number of benzene rings is 5. The molecule has 0 radical (unpaired) electrons. The zero-order valence-corrected chi connectivity index (χ0v) is 22.9. The quantitative estimate of drug-likeness (QED) is 0.221. The van der Waals surface area contributed by atoms with Gasteiger partial charge in [-0.2, -0.15) is 0 Å². The Hall–Kier alpha value is -5.14. The maximum absolute atomic E-state index is 2.47. The zero-order valence-electron chi connectivity index (χ0n) is 22.9. The number of anilines is 2. The Morgan fingerprint density at radius 1 is 0.512 bits per heavy atom. The fourth-order valence-electron chi connectivity index (χ4n) is 5.95. The summed E-state index contributed by atoms with van der Waals surface area (Å²) >= 11 is 0. The molecule has 1 aliphatic heterocycles. The highest BCUT2D eigenvalue weighted by Gasteiger charge is 2.28. The lowest BCUT2D eigenvalue weighted by molar-refractivity contribution is 0.889. The van der Waals surface area contributed by atoms with Crippen molar-refractivity contribution in [3.8, 4) is 0 Å². The normalized spacial score (nSPS) is 13.9. The van der Waals surface area contributed by atoms with Crippen molar-refractivity contribution in [3.05, 3.63) is 197 Å². The van der Waals surface area contributed by atoms with Gasteiger partial charge in [-0.15, -0.1) is 0 Å². The summed E-state index contributed by atoms with van der Waals surface area (Å²) in [6, 6.07) is 49.7. The molecule has 5 aromatic rings. The molecule has 0 saturated carbocycles. The van der Waals surface area contributed by atoms with Crippen molar-refractivity contribution in [2.75, 3.05) is 4.90 Å². The zero-order chi connectivity index (χ0) is 27.4. The Labute approximate surface area is 242 Å². The number of para-hydroxylation sites is 2. The average molecular weight is 526 g/mol. The van der Waals surface area contributed by atoms with Gasteiger partial charge < -0.3 is 4.90 Å². The van der Waals surface area contributed by atoms with Gasteiger partial charge in [-0.05, 0) is 70.5 Å². The van der Waals surface area contributed by atoms with Gasteiger partial charge in [-0.1, -0.05) is 140 Å². The molecule has 5 aromatic carbocycles. The van der Waals surface area contributed by atoms with Crippen LogP contribution in [0.25, 0.3) is 17.2 Å². The van der Waals surface area contributed by atoms with Crippen molar-refractivity contribution in [2.45, 2.75) is 12.8 Å². The Morgan fingerprint density at radius 3 is 1.56 bits per heavy atom. The molecule has 2 aliphatic rings. The third-order valence-corrected chi connectivity index (χ3v) is 7.93. The summed E-state index contributed by atoms with van der Waals surface area (Å²) in [5.74, 6) is 0. The molecule has 7 rings (SSSR count). The number of fused-ring (bicyclic) bond motifs is 2. The van der Waals surface area contributed by atoms with Crippen molar-refractivity contribution in [1.29, 1.82) is 0 Å². The Bertz CT molecular complexity index is 1710. The van der Waals surface area contributed by atoms with Gasteiger partial charge >= 0.3 is 0 Å². The molecule has 0 spiro atoms. The van der Waals surface area contributed by atoms with Gasteiger partial charge in [-0.3, -0.25) is 0 Å². The smallest absolute Gasteiger partial charge is 0.0537 e. The molecular weight excluding hydrogens is 494 g/mol. The molecule has 1 heteroatoms. The summed E-state index contributed by atoms with van der Waals surface area (Å²) < 4.78 is 0. The van der Waals surface area contributed by atoms with Crippen LogP contribution in [-0.4, -0.2) is 0 Å². The summed E-state index contributed by atoms with van der Waals surface area (Å²) in [5.41, 5.74) is 13.9. The molecule has 0 aromatic heterocycles. The molecule has 1 aliphatic carbocycles. The molecule has 0 N–H and O–H groups in total. The van der Waals surface area contributed by atoms with Crippen LogP contribution in [0.5, 0.6) is 0 Å². The Morgan fingerprint density at radius 2 is 1.02 bits per heavy atom.